The van der Waals surface area contributed by atoms with Crippen LogP contribution < -0.4 is 5.30 Å². The van der Waals surface area contributed by atoms with E-state index in [0.717, 1.165) is 11.1 Å². The van der Waals surface area contributed by atoms with Crippen LogP contribution in [0.15, 0.2) is 48.5 Å². The Balaban J connectivity index is 2.59. The minimum atomic E-state index is -3.58. The van der Waals surface area contributed by atoms with E-state index < -0.39 is 12.9 Å². The highest BCUT2D eigenvalue weighted by Gasteiger charge is 2.37. The lowest BCUT2D eigenvalue weighted by Crippen LogP contribution is -2.17. The lowest BCUT2D eigenvalue weighted by atomic mass is 10.0. The second-order valence-electron chi connectivity index (χ2n) is 4.88. The third kappa shape index (κ3) is 2.99. The van der Waals surface area contributed by atoms with Gasteiger partial charge >= 0.3 is 7.37 Å². The molecule has 2 aromatic rings. The molecule has 0 heterocycles. The lowest BCUT2D eigenvalue weighted by Gasteiger charge is -2.19. The Labute approximate surface area is 125 Å². The largest absolute Gasteiger partial charge is 0.320 e. The van der Waals surface area contributed by atoms with Crippen LogP contribution in [0.4, 0.5) is 0 Å². The molecule has 2 rings (SSSR count). The monoisotopic (exact) mass is 302 g/mol. The zero-order chi connectivity index (χ0) is 15.5. The van der Waals surface area contributed by atoms with Crippen LogP contribution >= 0.6 is 7.37 Å². The van der Waals surface area contributed by atoms with Crippen molar-refractivity contribution in [3.05, 3.63) is 65.2 Å². The van der Waals surface area contributed by atoms with E-state index in [1.54, 1.807) is 31.2 Å². The number of carbonyl (C=O) groups excluding carboxylic acids is 1. The SMILES string of the molecule is CCOP(=O)(C(=O)c1c(C)cccc1C)c1ccccc1. The number of benzene rings is 2. The summed E-state index contributed by atoms with van der Waals surface area (Å²) < 4.78 is 18.7. The smallest absolute Gasteiger partial charge is 0.300 e. The summed E-state index contributed by atoms with van der Waals surface area (Å²) in [5.41, 5.74) is 1.70. The van der Waals surface area contributed by atoms with Gasteiger partial charge in [0.1, 0.15) is 0 Å². The predicted octanol–water partition coefficient (Wildman–Crippen LogP) is 4.08. The van der Waals surface area contributed by atoms with Gasteiger partial charge in [-0.3, -0.25) is 9.36 Å². The van der Waals surface area contributed by atoms with E-state index in [9.17, 15) is 9.36 Å². The Bertz CT molecular complexity index is 672. The van der Waals surface area contributed by atoms with E-state index in [1.807, 2.05) is 38.1 Å². The zero-order valence-electron chi connectivity index (χ0n) is 12.5. The van der Waals surface area contributed by atoms with Crippen LogP contribution in [-0.2, 0) is 9.09 Å². The average molecular weight is 302 g/mol. The molecule has 0 aromatic heterocycles. The highest BCUT2D eigenvalue weighted by atomic mass is 31.2. The van der Waals surface area contributed by atoms with Crippen molar-refractivity contribution in [2.45, 2.75) is 20.8 Å². The number of hydrogen-bond donors (Lipinski definition) is 0. The third-order valence-electron chi connectivity index (χ3n) is 3.37. The fourth-order valence-corrected chi connectivity index (χ4v) is 4.43. The summed E-state index contributed by atoms with van der Waals surface area (Å²) in [6, 6.07) is 14.3. The fraction of sp³-hybridized carbons (Fsp3) is 0.235. The van der Waals surface area contributed by atoms with Crippen molar-refractivity contribution in [3.63, 3.8) is 0 Å². The van der Waals surface area contributed by atoms with Gasteiger partial charge in [-0.05, 0) is 44.0 Å². The van der Waals surface area contributed by atoms with Crippen molar-refractivity contribution in [3.8, 4) is 0 Å². The van der Waals surface area contributed by atoms with Gasteiger partial charge in [0.05, 0.1) is 6.61 Å². The summed E-state index contributed by atoms with van der Waals surface area (Å²) in [6.45, 7) is 5.67. The number of rotatable bonds is 5. The first kappa shape index (κ1) is 15.7. The van der Waals surface area contributed by atoms with E-state index in [1.165, 1.54) is 0 Å². The molecule has 0 spiro atoms. The van der Waals surface area contributed by atoms with Crippen LogP contribution in [0.5, 0.6) is 0 Å². The Morgan fingerprint density at radius 2 is 1.57 bits per heavy atom. The third-order valence-corrected chi connectivity index (χ3v) is 5.73. The molecule has 0 radical (unpaired) electrons. The van der Waals surface area contributed by atoms with Gasteiger partial charge < -0.3 is 4.52 Å². The first-order valence-electron chi connectivity index (χ1n) is 6.92. The summed E-state index contributed by atoms with van der Waals surface area (Å²) in [5, 5.41) is 0.444. The molecule has 110 valence electrons. The Morgan fingerprint density at radius 3 is 2.10 bits per heavy atom. The van der Waals surface area contributed by atoms with Crippen LogP contribution in [-0.4, -0.2) is 12.1 Å². The molecule has 0 fully saturated rings. The van der Waals surface area contributed by atoms with Crippen molar-refractivity contribution in [1.82, 2.24) is 0 Å². The quantitative estimate of drug-likeness (QED) is 0.781. The molecule has 0 aliphatic heterocycles. The van der Waals surface area contributed by atoms with Gasteiger partial charge in [0, 0.05) is 10.9 Å². The molecule has 0 saturated heterocycles. The normalized spacial score (nSPS) is 13.7. The van der Waals surface area contributed by atoms with E-state index >= 15 is 0 Å². The maximum atomic E-state index is 13.2. The minimum absolute atomic E-state index is 0.225. The molecule has 0 amide bonds. The van der Waals surface area contributed by atoms with E-state index in [-0.39, 0.29) is 6.61 Å². The average Bonchev–Trinajstić information content (AvgIpc) is 2.48. The number of carbonyl (C=O) groups is 1. The van der Waals surface area contributed by atoms with Crippen LogP contribution in [0.25, 0.3) is 0 Å². The Hall–Kier alpha value is -1.70. The van der Waals surface area contributed by atoms with Crippen LogP contribution in [0.1, 0.15) is 28.4 Å². The van der Waals surface area contributed by atoms with E-state index in [4.69, 9.17) is 4.52 Å². The summed E-state index contributed by atoms with van der Waals surface area (Å²) in [7, 11) is -3.58. The summed E-state index contributed by atoms with van der Waals surface area (Å²) in [6.07, 6.45) is 0. The minimum Gasteiger partial charge on any atom is -0.320 e. The maximum Gasteiger partial charge on any atom is 0.300 e. The Morgan fingerprint density at radius 1 is 1.00 bits per heavy atom. The van der Waals surface area contributed by atoms with Gasteiger partial charge in [0.25, 0.3) is 5.52 Å². The molecular weight excluding hydrogens is 283 g/mol. The maximum absolute atomic E-state index is 13.2. The van der Waals surface area contributed by atoms with Crippen molar-refractivity contribution < 1.29 is 13.9 Å². The van der Waals surface area contributed by atoms with Gasteiger partial charge in [0.15, 0.2) is 0 Å². The zero-order valence-corrected chi connectivity index (χ0v) is 13.4. The molecular formula is C17H19O3P. The van der Waals surface area contributed by atoms with Crippen LogP contribution in [0.3, 0.4) is 0 Å². The van der Waals surface area contributed by atoms with Gasteiger partial charge in [-0.15, -0.1) is 0 Å². The van der Waals surface area contributed by atoms with Gasteiger partial charge in [-0.25, -0.2) is 0 Å². The molecule has 0 bridgehead atoms. The molecule has 2 aromatic carbocycles. The molecule has 0 aliphatic rings. The predicted molar refractivity (Wildman–Crippen MR) is 85.6 cm³/mol. The van der Waals surface area contributed by atoms with E-state index in [2.05, 4.69) is 0 Å². The second-order valence-corrected chi connectivity index (χ2v) is 7.16. The molecule has 0 N–H and O–H groups in total. The van der Waals surface area contributed by atoms with Crippen molar-refractivity contribution in [2.24, 2.45) is 0 Å². The molecule has 1 atom stereocenters. The first-order chi connectivity index (χ1) is 10.0. The first-order valence-corrected chi connectivity index (χ1v) is 8.54. The fourth-order valence-electron chi connectivity index (χ4n) is 2.36. The lowest BCUT2D eigenvalue weighted by molar-refractivity contribution is 0.105. The van der Waals surface area contributed by atoms with Crippen LogP contribution in [0, 0.1) is 13.8 Å². The molecule has 0 aliphatic carbocycles. The second kappa shape index (κ2) is 6.38. The highest BCUT2D eigenvalue weighted by Crippen LogP contribution is 2.49. The number of aryl methyl sites for hydroxylation is 2. The molecule has 21 heavy (non-hydrogen) atoms. The molecule has 1 unspecified atom stereocenters. The topological polar surface area (TPSA) is 43.4 Å². The molecule has 4 heteroatoms. The summed E-state index contributed by atoms with van der Waals surface area (Å²) in [4.78, 5) is 12.9. The summed E-state index contributed by atoms with van der Waals surface area (Å²) >= 11 is 0. The highest BCUT2D eigenvalue weighted by molar-refractivity contribution is 7.83. The number of hydrogen-bond acceptors (Lipinski definition) is 3. The van der Waals surface area contributed by atoms with Crippen molar-refractivity contribution >= 4 is 18.2 Å². The molecule has 3 nitrogen and oxygen atoms in total. The van der Waals surface area contributed by atoms with Gasteiger partial charge in [0.2, 0.25) is 0 Å². The van der Waals surface area contributed by atoms with Gasteiger partial charge in [-0.2, -0.15) is 0 Å². The summed E-state index contributed by atoms with van der Waals surface area (Å²) in [5.74, 6) is 0. The standard InChI is InChI=1S/C17H19O3P/c1-4-20-21(19,15-11-6-5-7-12-15)17(18)16-13(2)9-8-10-14(16)3/h5-12H,4H2,1-3H3. The Kier molecular flexibility index (Phi) is 4.76. The van der Waals surface area contributed by atoms with Crippen LogP contribution in [0.2, 0.25) is 0 Å². The van der Waals surface area contributed by atoms with Crippen molar-refractivity contribution in [2.75, 3.05) is 6.61 Å². The van der Waals surface area contributed by atoms with Gasteiger partial charge in [-0.1, -0.05) is 36.4 Å². The molecule has 0 saturated carbocycles. The van der Waals surface area contributed by atoms with E-state index in [0.29, 0.717) is 10.9 Å². The van der Waals surface area contributed by atoms with Crippen molar-refractivity contribution in [1.29, 1.82) is 0 Å².